The molecule has 1 saturated heterocycles. The molecule has 1 aliphatic heterocycles. The second-order valence-corrected chi connectivity index (χ2v) is 9.56. The maximum atomic E-state index is 16.0. The van der Waals surface area contributed by atoms with Crippen LogP contribution < -0.4 is 25.1 Å². The molecule has 188 valence electrons. The first-order chi connectivity index (χ1) is 17.2. The number of hydrogen-bond donors (Lipinski definition) is 3. The minimum absolute atomic E-state index is 0.0111. The molecule has 2 fully saturated rings. The molecule has 0 radical (unpaired) electrons. The highest BCUT2D eigenvalue weighted by molar-refractivity contribution is 7.14. The fraction of sp³-hybridized carbons (Fsp3) is 0.348. The molecule has 1 aromatic carbocycles. The molecular weight excluding hydrogens is 499 g/mol. The number of nitriles is 1. The first-order valence-corrected chi connectivity index (χ1v) is 11.7. The van der Waals surface area contributed by atoms with Crippen molar-refractivity contribution in [2.75, 3.05) is 30.4 Å². The Bertz CT molecular complexity index is 1540. The largest absolute Gasteiger partial charge is 0.408 e. The summed E-state index contributed by atoms with van der Waals surface area (Å²) in [6.45, 7) is 0.387. The van der Waals surface area contributed by atoms with Crippen molar-refractivity contribution >= 4 is 45.0 Å². The summed E-state index contributed by atoms with van der Waals surface area (Å²) in [5.74, 6) is -1.69. The van der Waals surface area contributed by atoms with Gasteiger partial charge in [0.15, 0.2) is 5.82 Å². The summed E-state index contributed by atoms with van der Waals surface area (Å²) in [4.78, 5) is 10.0. The third-order valence-electron chi connectivity index (χ3n) is 6.34. The summed E-state index contributed by atoms with van der Waals surface area (Å²) >= 11 is 0.781. The molecule has 5 rings (SSSR count). The summed E-state index contributed by atoms with van der Waals surface area (Å²) in [6, 6.07) is 2.43. The number of aliphatic hydroxyl groups is 2. The number of fused-ring (bicyclic) bond motifs is 2. The predicted molar refractivity (Wildman–Crippen MR) is 125 cm³/mol. The number of ether oxygens (including phenoxy) is 2. The summed E-state index contributed by atoms with van der Waals surface area (Å²) in [6.07, 6.45) is 1.03. The zero-order valence-electron chi connectivity index (χ0n) is 18.8. The number of halogens is 3. The molecule has 0 spiro atoms. The minimum atomic E-state index is -2.28. The first-order valence-electron chi connectivity index (χ1n) is 10.9. The van der Waals surface area contributed by atoms with Crippen molar-refractivity contribution in [2.45, 2.75) is 25.9 Å². The summed E-state index contributed by atoms with van der Waals surface area (Å²) < 4.78 is 55.5. The third-order valence-corrected chi connectivity index (χ3v) is 7.28. The van der Waals surface area contributed by atoms with Gasteiger partial charge in [0.1, 0.15) is 34.6 Å². The highest BCUT2D eigenvalue weighted by Crippen LogP contribution is 2.42. The van der Waals surface area contributed by atoms with Gasteiger partial charge in [-0.05, 0) is 25.0 Å². The van der Waals surface area contributed by atoms with Crippen LogP contribution in [0.1, 0.15) is 24.5 Å². The Labute approximate surface area is 206 Å². The number of hydrogen-bond acceptors (Lipinski definition) is 10. The molecule has 0 bridgehead atoms. The first kappa shape index (κ1) is 24.3. The molecule has 4 N–H and O–H groups in total. The van der Waals surface area contributed by atoms with E-state index >= 15 is 8.78 Å². The van der Waals surface area contributed by atoms with Gasteiger partial charge in [-0.25, -0.2) is 13.2 Å². The molecule has 1 saturated carbocycles. The molecule has 2 aliphatic rings. The van der Waals surface area contributed by atoms with Crippen molar-refractivity contribution < 1.29 is 32.9 Å². The van der Waals surface area contributed by atoms with Gasteiger partial charge in [-0.15, -0.1) is 11.3 Å². The highest BCUT2D eigenvalue weighted by atomic mass is 32.1. The Hall–Kier alpha value is -3.44. The van der Waals surface area contributed by atoms with Crippen LogP contribution in [0.2, 0.25) is 0 Å². The van der Waals surface area contributed by atoms with Crippen LogP contribution in [0, 0.1) is 28.9 Å². The van der Waals surface area contributed by atoms with Gasteiger partial charge in [-0.2, -0.15) is 15.2 Å². The average molecular weight is 520 g/mol. The van der Waals surface area contributed by atoms with Crippen molar-refractivity contribution in [3.8, 4) is 12.1 Å². The molecule has 36 heavy (non-hydrogen) atoms. The van der Waals surface area contributed by atoms with Gasteiger partial charge in [0, 0.05) is 29.1 Å². The Morgan fingerprint density at radius 3 is 2.89 bits per heavy atom. The number of benzene rings is 1. The number of rotatable bonds is 4. The average Bonchev–Trinajstić information content (AvgIpc) is 3.54. The summed E-state index contributed by atoms with van der Waals surface area (Å²) in [5.41, 5.74) is 4.78. The monoisotopic (exact) mass is 519 g/mol. The second kappa shape index (κ2) is 9.21. The van der Waals surface area contributed by atoms with Crippen LogP contribution in [0.15, 0.2) is 6.07 Å². The van der Waals surface area contributed by atoms with E-state index in [1.807, 2.05) is 11.0 Å². The lowest BCUT2D eigenvalue weighted by Gasteiger charge is -2.24. The minimum Gasteiger partial charge on any atom is -0.408 e. The maximum absolute atomic E-state index is 16.0. The van der Waals surface area contributed by atoms with Crippen LogP contribution in [-0.2, 0) is 4.74 Å². The van der Waals surface area contributed by atoms with Gasteiger partial charge < -0.3 is 30.3 Å². The molecule has 2 aromatic heterocycles. The number of aliphatic hydroxyl groups excluding tert-OH is 1. The van der Waals surface area contributed by atoms with Crippen molar-refractivity contribution in [2.24, 2.45) is 5.92 Å². The Balaban J connectivity index is 1.81. The van der Waals surface area contributed by atoms with Crippen molar-refractivity contribution in [1.29, 1.82) is 5.26 Å². The van der Waals surface area contributed by atoms with Gasteiger partial charge in [0.2, 0.25) is 0 Å². The van der Waals surface area contributed by atoms with Gasteiger partial charge in [0.05, 0.1) is 28.9 Å². The molecule has 2 atom stereocenters. The Kier molecular flexibility index (Phi) is 6.21. The maximum Gasteiger partial charge on any atom is 0.323 e. The Morgan fingerprint density at radius 1 is 1.42 bits per heavy atom. The fourth-order valence-electron chi connectivity index (χ4n) is 4.64. The molecule has 2 unspecified atom stereocenters. The summed E-state index contributed by atoms with van der Waals surface area (Å²) in [5, 5.41) is 28.1. The molecule has 3 heterocycles. The summed E-state index contributed by atoms with van der Waals surface area (Å²) in [7, 11) is 0. The lowest BCUT2D eigenvalue weighted by molar-refractivity contribution is -0.183. The lowest BCUT2D eigenvalue weighted by Crippen LogP contribution is -2.30. The SMILES string of the molecule is C/C(c1c(F)cc2c(N3CCOCC4CC43)nc(OC(O)O)nc2c1F)=c1/c(C#N)c(N)s/c1=C\F. The van der Waals surface area contributed by atoms with E-state index in [-0.39, 0.29) is 60.9 Å². The van der Waals surface area contributed by atoms with E-state index in [9.17, 15) is 19.9 Å². The van der Waals surface area contributed by atoms with Crippen LogP contribution >= 0.6 is 11.3 Å². The van der Waals surface area contributed by atoms with E-state index < -0.39 is 29.7 Å². The number of nitrogens with zero attached hydrogens (tertiary/aromatic N) is 4. The van der Waals surface area contributed by atoms with Gasteiger partial charge in [-0.1, -0.05) is 0 Å². The molecular formula is C23H20F3N5O4S. The van der Waals surface area contributed by atoms with E-state index in [1.54, 1.807) is 0 Å². The molecule has 3 aromatic rings. The number of anilines is 2. The van der Waals surface area contributed by atoms with Crippen LogP contribution in [0.3, 0.4) is 0 Å². The number of aromatic nitrogens is 2. The normalized spacial score (nSPS) is 20.8. The highest BCUT2D eigenvalue weighted by Gasteiger charge is 2.44. The molecule has 1 aliphatic carbocycles. The number of thiophene rings is 1. The van der Waals surface area contributed by atoms with Gasteiger partial charge in [0.25, 0.3) is 0 Å². The van der Waals surface area contributed by atoms with E-state index in [2.05, 4.69) is 9.97 Å². The van der Waals surface area contributed by atoms with Crippen molar-refractivity contribution in [1.82, 2.24) is 9.97 Å². The number of nitrogens with two attached hydrogens (primary N) is 1. The molecule has 0 amide bonds. The van der Waals surface area contributed by atoms with Gasteiger partial charge >= 0.3 is 12.5 Å². The van der Waals surface area contributed by atoms with Crippen molar-refractivity contribution in [3.63, 3.8) is 0 Å². The fourth-order valence-corrected chi connectivity index (χ4v) is 5.53. The van der Waals surface area contributed by atoms with E-state index in [1.165, 1.54) is 6.92 Å². The topological polar surface area (TPSA) is 138 Å². The quantitative estimate of drug-likeness (QED) is 0.435. The Morgan fingerprint density at radius 2 is 2.19 bits per heavy atom. The van der Waals surface area contributed by atoms with E-state index in [0.29, 0.717) is 19.8 Å². The van der Waals surface area contributed by atoms with Gasteiger partial charge in [-0.3, -0.25) is 0 Å². The molecule has 13 heteroatoms. The lowest BCUT2D eigenvalue weighted by atomic mass is 10.00. The number of nitrogen functional groups attached to an aromatic ring is 1. The van der Waals surface area contributed by atoms with Crippen LogP contribution in [0.25, 0.3) is 22.8 Å². The zero-order chi connectivity index (χ0) is 25.7. The zero-order valence-corrected chi connectivity index (χ0v) is 19.7. The van der Waals surface area contributed by atoms with Crippen LogP contribution in [0.5, 0.6) is 6.01 Å². The van der Waals surface area contributed by atoms with Crippen LogP contribution in [0.4, 0.5) is 24.0 Å². The standard InChI is InChI=1S/C23H20F3N5O4S/c1-9(16-12(7-27)20(28)36-15(16)6-24)17-13(25)5-11-19(18(17)26)29-22(35-23(32)33)30-21(11)31-2-3-34-8-10-4-14(10)31/h5-6,10,14,23,32-33H,2-4,8,28H2,1H3/b15-6-,16-9+. The van der Waals surface area contributed by atoms with Crippen molar-refractivity contribution in [3.05, 3.63) is 38.6 Å². The molecule has 9 nitrogen and oxygen atoms in total. The predicted octanol–water partition coefficient (Wildman–Crippen LogP) is 1.22. The second-order valence-electron chi connectivity index (χ2n) is 8.48. The third kappa shape index (κ3) is 4.01. The van der Waals surface area contributed by atoms with E-state index in [0.717, 1.165) is 23.8 Å². The van der Waals surface area contributed by atoms with Crippen LogP contribution in [-0.4, -0.2) is 52.5 Å². The smallest absolute Gasteiger partial charge is 0.323 e. The van der Waals surface area contributed by atoms with E-state index in [4.69, 9.17) is 15.2 Å².